The van der Waals surface area contributed by atoms with E-state index >= 15 is 0 Å². The number of H-pyrrole nitrogens is 1. The number of aromatic carboxylic acids is 1. The number of nitrogens with zero attached hydrogens (tertiary/aromatic N) is 1. The molecule has 0 amide bonds. The summed E-state index contributed by atoms with van der Waals surface area (Å²) < 4.78 is 0. The van der Waals surface area contributed by atoms with E-state index in [0.29, 0.717) is 18.7 Å². The van der Waals surface area contributed by atoms with E-state index in [0.717, 1.165) is 0 Å². The van der Waals surface area contributed by atoms with E-state index in [1.54, 1.807) is 0 Å². The lowest BCUT2D eigenvalue weighted by Gasteiger charge is -1.93. The van der Waals surface area contributed by atoms with Crippen LogP contribution in [0.1, 0.15) is 16.2 Å². The number of aromatic nitrogens is 2. The smallest absolute Gasteiger partial charge is 0.356 e. The average Bonchev–Trinajstić information content (AvgIpc) is 2.36. The van der Waals surface area contributed by atoms with Gasteiger partial charge in [0.15, 0.2) is 5.69 Å². The lowest BCUT2D eigenvalue weighted by atomic mass is 10.2. The van der Waals surface area contributed by atoms with Crippen LogP contribution in [0.2, 0.25) is 0 Å². The number of hydrogen-bond acceptors (Lipinski definition) is 3. The van der Waals surface area contributed by atoms with Gasteiger partial charge in [-0.25, -0.2) is 9.78 Å². The van der Waals surface area contributed by atoms with Crippen molar-refractivity contribution in [3.8, 4) is 0 Å². The maximum absolute atomic E-state index is 10.4. The van der Waals surface area contributed by atoms with Gasteiger partial charge in [-0.3, -0.25) is 0 Å². The number of aromatic amines is 1. The fourth-order valence-electron chi connectivity index (χ4n) is 0.840. The number of nitrogens with one attached hydrogen (secondary N) is 1. The fraction of sp³-hybridized carbons (Fsp3) is 0.333. The summed E-state index contributed by atoms with van der Waals surface area (Å²) in [5.74, 6) is -1.02. The van der Waals surface area contributed by atoms with Gasteiger partial charge in [-0.1, -0.05) is 0 Å². The Hall–Kier alpha value is -1.36. The molecule has 0 aliphatic rings. The molecule has 1 aromatic rings. The zero-order valence-electron chi connectivity index (χ0n) is 5.87. The quantitative estimate of drug-likeness (QED) is 0.554. The molecule has 1 aromatic heterocycles. The monoisotopic (exact) mass is 155 g/mol. The number of carbonyl (C=O) groups is 1. The first kappa shape index (κ1) is 7.74. The zero-order chi connectivity index (χ0) is 8.27. The molecule has 11 heavy (non-hydrogen) atoms. The third kappa shape index (κ3) is 1.56. The highest BCUT2D eigenvalue weighted by Crippen LogP contribution is 2.01. The van der Waals surface area contributed by atoms with Crippen molar-refractivity contribution in [3.05, 3.63) is 17.7 Å². The Labute approximate surface area is 63.3 Å². The van der Waals surface area contributed by atoms with Gasteiger partial charge in [0, 0.05) is 6.42 Å². The summed E-state index contributed by atoms with van der Waals surface area (Å²) in [4.78, 5) is 16.8. The van der Waals surface area contributed by atoms with E-state index in [1.165, 1.54) is 6.33 Å². The van der Waals surface area contributed by atoms with Gasteiger partial charge in [-0.2, -0.15) is 0 Å². The molecule has 4 N–H and O–H groups in total. The van der Waals surface area contributed by atoms with Crippen LogP contribution >= 0.6 is 0 Å². The van der Waals surface area contributed by atoms with E-state index in [-0.39, 0.29) is 5.69 Å². The lowest BCUT2D eigenvalue weighted by Crippen LogP contribution is -2.08. The fourth-order valence-corrected chi connectivity index (χ4v) is 0.840. The molecule has 0 atom stereocenters. The number of hydrogen-bond donors (Lipinski definition) is 3. The topological polar surface area (TPSA) is 92.0 Å². The molecule has 1 heterocycles. The molecule has 0 bridgehead atoms. The van der Waals surface area contributed by atoms with Gasteiger partial charge >= 0.3 is 5.97 Å². The first-order valence-corrected chi connectivity index (χ1v) is 3.21. The number of rotatable bonds is 3. The molecular formula is C6H9N3O2. The molecule has 0 aliphatic heterocycles. The van der Waals surface area contributed by atoms with Crippen LogP contribution < -0.4 is 5.73 Å². The molecule has 1 rings (SSSR count). The molecule has 0 saturated heterocycles. The van der Waals surface area contributed by atoms with Crippen LogP contribution in [0.4, 0.5) is 0 Å². The first-order valence-electron chi connectivity index (χ1n) is 3.21. The minimum Gasteiger partial charge on any atom is -0.476 e. The Balaban J connectivity index is 2.87. The second-order valence-corrected chi connectivity index (χ2v) is 2.07. The van der Waals surface area contributed by atoms with Crippen LogP contribution in [0.3, 0.4) is 0 Å². The predicted molar refractivity (Wildman–Crippen MR) is 38.3 cm³/mol. The number of nitrogens with two attached hydrogens (primary N) is 1. The summed E-state index contributed by atoms with van der Waals surface area (Å²) in [6, 6.07) is 0. The maximum Gasteiger partial charge on any atom is 0.356 e. The highest BCUT2D eigenvalue weighted by atomic mass is 16.4. The van der Waals surface area contributed by atoms with Gasteiger partial charge in [0.1, 0.15) is 0 Å². The van der Waals surface area contributed by atoms with E-state index < -0.39 is 5.97 Å². The van der Waals surface area contributed by atoms with Crippen molar-refractivity contribution in [2.45, 2.75) is 6.42 Å². The number of carboxylic acid groups (broad SMARTS) is 1. The molecular weight excluding hydrogens is 146 g/mol. The van der Waals surface area contributed by atoms with Crippen LogP contribution in [0, 0.1) is 0 Å². The molecule has 0 aromatic carbocycles. The minimum absolute atomic E-state index is 0.0652. The third-order valence-electron chi connectivity index (χ3n) is 1.32. The van der Waals surface area contributed by atoms with Crippen molar-refractivity contribution < 1.29 is 9.90 Å². The molecule has 0 unspecified atom stereocenters. The highest BCUT2D eigenvalue weighted by Gasteiger charge is 2.11. The van der Waals surface area contributed by atoms with Gasteiger partial charge in [0.25, 0.3) is 0 Å². The molecule has 0 spiro atoms. The number of imidazole rings is 1. The van der Waals surface area contributed by atoms with Crippen LogP contribution in [0.15, 0.2) is 6.33 Å². The van der Waals surface area contributed by atoms with Crippen molar-refractivity contribution in [1.82, 2.24) is 9.97 Å². The molecule has 5 heteroatoms. The Morgan fingerprint density at radius 3 is 3.09 bits per heavy atom. The van der Waals surface area contributed by atoms with Crippen molar-refractivity contribution in [3.63, 3.8) is 0 Å². The molecule has 60 valence electrons. The standard InChI is InChI=1S/C6H9N3O2/c7-2-1-4-5(6(10)11)9-3-8-4/h3H,1-2,7H2,(H,8,9)(H,10,11). The Kier molecular flexibility index (Phi) is 2.22. The van der Waals surface area contributed by atoms with Crippen molar-refractivity contribution >= 4 is 5.97 Å². The third-order valence-corrected chi connectivity index (χ3v) is 1.32. The molecule has 0 aliphatic carbocycles. The Bertz CT molecular complexity index is 256. The summed E-state index contributed by atoms with van der Waals surface area (Å²) in [7, 11) is 0. The minimum atomic E-state index is -1.02. The van der Waals surface area contributed by atoms with Gasteiger partial charge in [-0.15, -0.1) is 0 Å². The van der Waals surface area contributed by atoms with Gasteiger partial charge in [0.2, 0.25) is 0 Å². The van der Waals surface area contributed by atoms with Crippen LogP contribution in [0.5, 0.6) is 0 Å². The van der Waals surface area contributed by atoms with E-state index in [2.05, 4.69) is 9.97 Å². The second kappa shape index (κ2) is 3.16. The maximum atomic E-state index is 10.4. The van der Waals surface area contributed by atoms with Gasteiger partial charge in [-0.05, 0) is 6.54 Å². The lowest BCUT2D eigenvalue weighted by molar-refractivity contribution is 0.0690. The summed E-state index contributed by atoms with van der Waals surface area (Å²) in [6.07, 6.45) is 1.87. The Morgan fingerprint density at radius 2 is 2.55 bits per heavy atom. The average molecular weight is 155 g/mol. The van der Waals surface area contributed by atoms with Gasteiger partial charge in [0.05, 0.1) is 12.0 Å². The molecule has 0 radical (unpaired) electrons. The molecule has 5 nitrogen and oxygen atoms in total. The van der Waals surface area contributed by atoms with Crippen LogP contribution in [0.25, 0.3) is 0 Å². The predicted octanol–water partition coefficient (Wildman–Crippen LogP) is -0.391. The molecule has 0 fully saturated rings. The first-order chi connectivity index (χ1) is 5.25. The van der Waals surface area contributed by atoms with E-state index in [1.807, 2.05) is 0 Å². The zero-order valence-corrected chi connectivity index (χ0v) is 5.87. The van der Waals surface area contributed by atoms with E-state index in [9.17, 15) is 4.79 Å². The van der Waals surface area contributed by atoms with Crippen LogP contribution in [-0.2, 0) is 6.42 Å². The summed E-state index contributed by atoms with van der Waals surface area (Å²) >= 11 is 0. The highest BCUT2D eigenvalue weighted by molar-refractivity contribution is 5.86. The normalized spacial score (nSPS) is 9.91. The van der Waals surface area contributed by atoms with Crippen molar-refractivity contribution in [2.75, 3.05) is 6.54 Å². The number of carboxylic acids is 1. The SMILES string of the molecule is NCCc1[nH]cnc1C(=O)O. The van der Waals surface area contributed by atoms with Crippen molar-refractivity contribution in [2.24, 2.45) is 5.73 Å². The van der Waals surface area contributed by atoms with Gasteiger partial charge < -0.3 is 15.8 Å². The molecule has 0 saturated carbocycles. The largest absolute Gasteiger partial charge is 0.476 e. The Morgan fingerprint density at radius 1 is 1.82 bits per heavy atom. The summed E-state index contributed by atoms with van der Waals surface area (Å²) in [6.45, 7) is 0.419. The summed E-state index contributed by atoms with van der Waals surface area (Å²) in [5.41, 5.74) is 5.90. The summed E-state index contributed by atoms with van der Waals surface area (Å²) in [5, 5.41) is 8.56. The van der Waals surface area contributed by atoms with Crippen molar-refractivity contribution in [1.29, 1.82) is 0 Å². The van der Waals surface area contributed by atoms with Crippen LogP contribution in [-0.4, -0.2) is 27.6 Å². The second-order valence-electron chi connectivity index (χ2n) is 2.07. The van der Waals surface area contributed by atoms with E-state index in [4.69, 9.17) is 10.8 Å².